The standard InChI is InChI=1S/C11H12P.C9H7.Zr/c1-12(2)11-7-9-5-3-4-6-10(9)8-11;1-2-5-9-7-3-6-8(9)4-1;/h3-8H,1-2H3;1-7H;/q2*-1;+2. The van der Waals surface area contributed by atoms with E-state index in [1.165, 1.54) is 26.8 Å². The van der Waals surface area contributed by atoms with E-state index in [1.807, 2.05) is 0 Å². The third-order valence-electron chi connectivity index (χ3n) is 3.67. The topological polar surface area (TPSA) is 0 Å². The Balaban J connectivity index is 0.000000159. The molecule has 0 aliphatic rings. The van der Waals surface area contributed by atoms with E-state index >= 15 is 0 Å². The van der Waals surface area contributed by atoms with E-state index in [1.54, 1.807) is 0 Å². The van der Waals surface area contributed by atoms with Gasteiger partial charge in [-0.05, 0) is 13.3 Å². The second-order valence-electron chi connectivity index (χ2n) is 5.39. The molecule has 0 N–H and O–H groups in total. The first kappa shape index (κ1) is 17.3. The third-order valence-corrected chi connectivity index (χ3v) is 4.96. The molecule has 4 rings (SSSR count). The Morgan fingerprint density at radius 1 is 0.773 bits per heavy atom. The van der Waals surface area contributed by atoms with Crippen LogP contribution in [-0.4, -0.2) is 13.3 Å². The fourth-order valence-electron chi connectivity index (χ4n) is 2.46. The van der Waals surface area contributed by atoms with Crippen LogP contribution >= 0.6 is 7.92 Å². The summed E-state index contributed by atoms with van der Waals surface area (Å²) in [5.41, 5.74) is 0. The molecule has 108 valence electrons. The zero-order chi connectivity index (χ0) is 14.7. The molecule has 0 saturated heterocycles. The molecular formula is C20H19PZr. The first-order valence-corrected chi connectivity index (χ1v) is 9.41. The predicted molar refractivity (Wildman–Crippen MR) is 97.5 cm³/mol. The van der Waals surface area contributed by atoms with Crippen LogP contribution in [0.5, 0.6) is 0 Å². The molecule has 4 aromatic carbocycles. The summed E-state index contributed by atoms with van der Waals surface area (Å²) in [6.07, 6.45) is 0. The van der Waals surface area contributed by atoms with Crippen molar-refractivity contribution in [1.82, 2.24) is 0 Å². The molecule has 0 aliphatic heterocycles. The number of hydrogen-bond acceptors (Lipinski definition) is 0. The minimum atomic E-state index is 0. The smallest absolute Gasteiger partial charge is 0.168 e. The van der Waals surface area contributed by atoms with Gasteiger partial charge in [-0.1, -0.05) is 12.1 Å². The molecule has 0 fully saturated rings. The maximum absolute atomic E-state index is 2.31. The maximum Gasteiger partial charge on any atom is 2.00 e. The van der Waals surface area contributed by atoms with Crippen molar-refractivity contribution >= 4 is 34.8 Å². The molecule has 22 heavy (non-hydrogen) atoms. The van der Waals surface area contributed by atoms with Crippen molar-refractivity contribution < 1.29 is 26.2 Å². The van der Waals surface area contributed by atoms with Crippen LogP contribution in [0.4, 0.5) is 0 Å². The molecule has 0 aliphatic carbocycles. The van der Waals surface area contributed by atoms with Crippen molar-refractivity contribution in [1.29, 1.82) is 0 Å². The molecule has 0 atom stereocenters. The third kappa shape index (κ3) is 4.04. The van der Waals surface area contributed by atoms with Crippen LogP contribution in [-0.2, 0) is 26.2 Å². The molecule has 0 heterocycles. The van der Waals surface area contributed by atoms with Gasteiger partial charge in [0.15, 0.2) is 0 Å². The summed E-state index contributed by atoms with van der Waals surface area (Å²) in [5, 5.41) is 6.92. The number of benzene rings is 2. The quantitative estimate of drug-likeness (QED) is 0.302. The first-order valence-electron chi connectivity index (χ1n) is 7.17. The van der Waals surface area contributed by atoms with Gasteiger partial charge < -0.3 is 0 Å². The van der Waals surface area contributed by atoms with Crippen LogP contribution in [0.2, 0.25) is 0 Å². The van der Waals surface area contributed by atoms with Crippen molar-refractivity contribution in [3.05, 3.63) is 78.9 Å². The summed E-state index contributed by atoms with van der Waals surface area (Å²) in [5.74, 6) is 0. The molecular weight excluding hydrogens is 362 g/mol. The number of fused-ring (bicyclic) bond motifs is 2. The van der Waals surface area contributed by atoms with Gasteiger partial charge in [-0.25, -0.2) is 0 Å². The molecule has 0 amide bonds. The minimum Gasteiger partial charge on any atom is -0.168 e. The van der Waals surface area contributed by atoms with Gasteiger partial charge in [0, 0.05) is 0 Å². The van der Waals surface area contributed by atoms with E-state index in [4.69, 9.17) is 0 Å². The van der Waals surface area contributed by atoms with E-state index in [2.05, 4.69) is 92.2 Å². The molecule has 0 spiro atoms. The summed E-state index contributed by atoms with van der Waals surface area (Å²) in [4.78, 5) is 0. The van der Waals surface area contributed by atoms with Gasteiger partial charge in [-0.2, -0.15) is 23.6 Å². The van der Waals surface area contributed by atoms with E-state index in [9.17, 15) is 0 Å². The van der Waals surface area contributed by atoms with E-state index in [0.29, 0.717) is 0 Å². The second kappa shape index (κ2) is 8.00. The van der Waals surface area contributed by atoms with Crippen LogP contribution in [0.15, 0.2) is 78.9 Å². The number of hydrogen-bond donors (Lipinski definition) is 0. The Labute approximate surface area is 152 Å². The average molecular weight is 382 g/mol. The summed E-state index contributed by atoms with van der Waals surface area (Å²) >= 11 is 0. The van der Waals surface area contributed by atoms with Crippen molar-refractivity contribution in [2.45, 2.75) is 0 Å². The molecule has 4 aromatic rings. The first-order chi connectivity index (χ1) is 10.2. The Bertz CT molecular complexity index is 776. The summed E-state index contributed by atoms with van der Waals surface area (Å²) in [6.45, 7) is 4.59. The SMILES string of the molecule is CP(C)c1cc2ccccc2[cH-]1.[Zr+2].c1ccc2[cH-]ccc2c1. The van der Waals surface area contributed by atoms with Crippen molar-refractivity contribution in [2.75, 3.05) is 13.3 Å². The number of rotatable bonds is 1. The van der Waals surface area contributed by atoms with Gasteiger partial charge >= 0.3 is 26.2 Å². The molecule has 0 radical (unpaired) electrons. The molecule has 2 heteroatoms. The Kier molecular flexibility index (Phi) is 6.30. The Hall–Kier alpha value is -1.03. The van der Waals surface area contributed by atoms with Gasteiger partial charge in [0.05, 0.1) is 0 Å². The minimum absolute atomic E-state index is 0. The molecule has 0 bridgehead atoms. The van der Waals surface area contributed by atoms with Crippen LogP contribution in [0.1, 0.15) is 0 Å². The van der Waals surface area contributed by atoms with Gasteiger partial charge in [0.2, 0.25) is 0 Å². The Morgan fingerprint density at radius 2 is 1.41 bits per heavy atom. The largest absolute Gasteiger partial charge is 2.00 e. The van der Waals surface area contributed by atoms with Gasteiger partial charge in [0.25, 0.3) is 0 Å². The maximum atomic E-state index is 2.31. The zero-order valence-corrected chi connectivity index (χ0v) is 16.3. The van der Waals surface area contributed by atoms with E-state index in [-0.39, 0.29) is 34.1 Å². The monoisotopic (exact) mass is 380 g/mol. The van der Waals surface area contributed by atoms with Gasteiger partial charge in [-0.15, -0.1) is 77.9 Å². The molecule has 0 aromatic heterocycles. The summed E-state index contributed by atoms with van der Waals surface area (Å²) in [6, 6.07) is 27.8. The van der Waals surface area contributed by atoms with Crippen LogP contribution in [0, 0.1) is 0 Å². The van der Waals surface area contributed by atoms with Gasteiger partial charge in [-0.3, -0.25) is 0 Å². The fourth-order valence-corrected chi connectivity index (χ4v) is 3.26. The predicted octanol–water partition coefficient (Wildman–Crippen LogP) is 5.48. The van der Waals surface area contributed by atoms with E-state index < -0.39 is 0 Å². The fraction of sp³-hybridized carbons (Fsp3) is 0.100. The Morgan fingerprint density at radius 3 is 2.05 bits per heavy atom. The van der Waals surface area contributed by atoms with Crippen molar-refractivity contribution in [2.24, 2.45) is 0 Å². The molecule has 0 nitrogen and oxygen atoms in total. The van der Waals surface area contributed by atoms with Crippen molar-refractivity contribution in [3.63, 3.8) is 0 Å². The summed E-state index contributed by atoms with van der Waals surface area (Å²) < 4.78 is 0. The van der Waals surface area contributed by atoms with Crippen LogP contribution in [0.3, 0.4) is 0 Å². The second-order valence-corrected chi connectivity index (χ2v) is 7.70. The van der Waals surface area contributed by atoms with E-state index in [0.717, 1.165) is 0 Å². The zero-order valence-electron chi connectivity index (χ0n) is 13.0. The van der Waals surface area contributed by atoms with Gasteiger partial charge in [0.1, 0.15) is 0 Å². The van der Waals surface area contributed by atoms with Crippen molar-refractivity contribution in [3.8, 4) is 0 Å². The van der Waals surface area contributed by atoms with Crippen LogP contribution in [0.25, 0.3) is 21.5 Å². The summed E-state index contributed by atoms with van der Waals surface area (Å²) in [7, 11) is 0.0576. The normalized spacial score (nSPS) is 10.3. The van der Waals surface area contributed by atoms with Crippen LogP contribution < -0.4 is 5.30 Å². The molecule has 0 saturated carbocycles. The average Bonchev–Trinajstić information content (AvgIpc) is 3.14. The molecule has 0 unspecified atom stereocenters.